The summed E-state index contributed by atoms with van der Waals surface area (Å²) in [6.07, 6.45) is 2.89. The maximum absolute atomic E-state index is 11.9. The fourth-order valence-corrected chi connectivity index (χ4v) is 3.03. The Kier molecular flexibility index (Phi) is 3.36. The van der Waals surface area contributed by atoms with Crippen molar-refractivity contribution in [1.29, 1.82) is 0 Å². The predicted octanol–water partition coefficient (Wildman–Crippen LogP) is 1.21. The molecule has 1 aliphatic rings. The van der Waals surface area contributed by atoms with E-state index in [4.69, 9.17) is 11.6 Å². The first kappa shape index (κ1) is 11.7. The first-order chi connectivity index (χ1) is 7.58. The van der Waals surface area contributed by atoms with Crippen LogP contribution in [-0.2, 0) is 10.2 Å². The van der Waals surface area contributed by atoms with Crippen LogP contribution in [0.25, 0.3) is 0 Å². The molecule has 0 unspecified atom stereocenters. The minimum absolute atomic E-state index is 0.218. The van der Waals surface area contributed by atoms with Crippen LogP contribution in [0.4, 0.5) is 5.82 Å². The Labute approximate surface area is 99.2 Å². The lowest BCUT2D eigenvalue weighted by Crippen LogP contribution is -2.39. The van der Waals surface area contributed by atoms with Gasteiger partial charge in [0.05, 0.1) is 0 Å². The molecule has 1 aromatic rings. The molecule has 0 aliphatic carbocycles. The van der Waals surface area contributed by atoms with Crippen molar-refractivity contribution in [2.24, 2.45) is 0 Å². The van der Waals surface area contributed by atoms with Crippen molar-refractivity contribution in [3.8, 4) is 0 Å². The molecule has 1 saturated heterocycles. The molecular formula is C8H13ClN4O2S. The highest BCUT2D eigenvalue weighted by molar-refractivity contribution is 7.90. The zero-order valence-electron chi connectivity index (χ0n) is 8.61. The summed E-state index contributed by atoms with van der Waals surface area (Å²) in [5.41, 5.74) is 0. The van der Waals surface area contributed by atoms with Gasteiger partial charge in [-0.25, -0.2) is 0 Å². The van der Waals surface area contributed by atoms with E-state index >= 15 is 0 Å². The Morgan fingerprint density at radius 3 is 2.62 bits per heavy atom. The second kappa shape index (κ2) is 4.60. The molecule has 8 heteroatoms. The number of rotatable bonds is 3. The third-order valence-corrected chi connectivity index (χ3v) is 4.14. The van der Waals surface area contributed by atoms with Gasteiger partial charge in [0, 0.05) is 19.2 Å². The number of hydrogen-bond acceptors (Lipinski definition) is 3. The van der Waals surface area contributed by atoms with Crippen LogP contribution < -0.4 is 4.72 Å². The van der Waals surface area contributed by atoms with Crippen LogP contribution in [0, 0.1) is 0 Å². The molecule has 6 nitrogen and oxygen atoms in total. The molecule has 16 heavy (non-hydrogen) atoms. The lowest BCUT2D eigenvalue weighted by Gasteiger charge is -2.25. The summed E-state index contributed by atoms with van der Waals surface area (Å²) < 4.78 is 27.6. The summed E-state index contributed by atoms with van der Waals surface area (Å²) in [5.74, 6) is 0.218. The number of anilines is 1. The number of aromatic nitrogens is 2. The van der Waals surface area contributed by atoms with Crippen molar-refractivity contribution in [2.45, 2.75) is 19.3 Å². The highest BCUT2D eigenvalue weighted by atomic mass is 35.5. The Bertz CT molecular complexity index is 452. The molecule has 2 rings (SSSR count). The van der Waals surface area contributed by atoms with E-state index in [2.05, 4.69) is 14.9 Å². The second-order valence-corrected chi connectivity index (χ2v) is 5.75. The van der Waals surface area contributed by atoms with Crippen LogP contribution in [0.2, 0.25) is 5.15 Å². The molecule has 0 aromatic carbocycles. The maximum atomic E-state index is 11.9. The van der Waals surface area contributed by atoms with E-state index in [0.29, 0.717) is 18.2 Å². The molecule has 1 aromatic heterocycles. The first-order valence-electron chi connectivity index (χ1n) is 5.07. The van der Waals surface area contributed by atoms with Crippen molar-refractivity contribution in [3.05, 3.63) is 11.2 Å². The maximum Gasteiger partial charge on any atom is 0.302 e. The van der Waals surface area contributed by atoms with Gasteiger partial charge in [0.25, 0.3) is 0 Å². The number of nitrogens with zero attached hydrogens (tertiary/aromatic N) is 2. The van der Waals surface area contributed by atoms with Gasteiger partial charge in [-0.15, -0.1) is 0 Å². The SMILES string of the molecule is O=S(=O)(Nc1cc(Cl)[nH]n1)N1CCCCC1. The summed E-state index contributed by atoms with van der Waals surface area (Å²) in [6, 6.07) is 1.43. The minimum Gasteiger partial charge on any atom is -0.265 e. The fourth-order valence-electron chi connectivity index (χ4n) is 1.65. The van der Waals surface area contributed by atoms with Crippen molar-refractivity contribution in [1.82, 2.24) is 14.5 Å². The molecule has 90 valence electrons. The lowest BCUT2D eigenvalue weighted by molar-refractivity contribution is 0.349. The lowest BCUT2D eigenvalue weighted by atomic mass is 10.2. The summed E-state index contributed by atoms with van der Waals surface area (Å²) in [5, 5.41) is 6.49. The molecule has 0 amide bonds. The molecule has 0 spiro atoms. The van der Waals surface area contributed by atoms with Crippen LogP contribution in [0.15, 0.2) is 6.07 Å². The number of halogens is 1. The van der Waals surface area contributed by atoms with Gasteiger partial charge in [-0.1, -0.05) is 18.0 Å². The number of nitrogens with one attached hydrogen (secondary N) is 2. The second-order valence-electron chi connectivity index (χ2n) is 3.67. The highest BCUT2D eigenvalue weighted by Crippen LogP contribution is 2.16. The van der Waals surface area contributed by atoms with E-state index in [1.165, 1.54) is 10.4 Å². The summed E-state index contributed by atoms with van der Waals surface area (Å²) >= 11 is 5.61. The molecule has 2 heterocycles. The van der Waals surface area contributed by atoms with E-state index in [-0.39, 0.29) is 5.82 Å². The fraction of sp³-hybridized carbons (Fsp3) is 0.625. The van der Waals surface area contributed by atoms with Gasteiger partial charge < -0.3 is 0 Å². The molecule has 0 saturated carbocycles. The highest BCUT2D eigenvalue weighted by Gasteiger charge is 2.24. The number of aromatic amines is 1. The summed E-state index contributed by atoms with van der Waals surface area (Å²) in [6.45, 7) is 1.13. The quantitative estimate of drug-likeness (QED) is 0.861. The number of H-pyrrole nitrogens is 1. The average Bonchev–Trinajstić information content (AvgIpc) is 2.64. The Morgan fingerprint density at radius 2 is 2.06 bits per heavy atom. The monoisotopic (exact) mass is 264 g/mol. The van der Waals surface area contributed by atoms with E-state index in [0.717, 1.165) is 19.3 Å². The van der Waals surface area contributed by atoms with Crippen LogP contribution in [0.3, 0.4) is 0 Å². The van der Waals surface area contributed by atoms with Crippen LogP contribution in [0.1, 0.15) is 19.3 Å². The first-order valence-corrected chi connectivity index (χ1v) is 6.88. The zero-order chi connectivity index (χ0) is 11.6. The number of hydrogen-bond donors (Lipinski definition) is 2. The summed E-state index contributed by atoms with van der Waals surface area (Å²) in [7, 11) is -3.48. The number of piperidine rings is 1. The van der Waals surface area contributed by atoms with Gasteiger partial charge in [0.15, 0.2) is 5.82 Å². The van der Waals surface area contributed by atoms with E-state index < -0.39 is 10.2 Å². The van der Waals surface area contributed by atoms with Crippen molar-refractivity contribution in [2.75, 3.05) is 17.8 Å². The normalized spacial score (nSPS) is 18.6. The standard InChI is InChI=1S/C8H13ClN4O2S/c9-7-6-8(11-10-7)12-16(14,15)13-4-2-1-3-5-13/h6H,1-5H2,(H2,10,11,12). The van der Waals surface area contributed by atoms with Gasteiger partial charge in [0.2, 0.25) is 0 Å². The molecule has 1 fully saturated rings. The van der Waals surface area contributed by atoms with Crippen molar-refractivity contribution in [3.63, 3.8) is 0 Å². The summed E-state index contributed by atoms with van der Waals surface area (Å²) in [4.78, 5) is 0. The van der Waals surface area contributed by atoms with Gasteiger partial charge in [-0.05, 0) is 12.8 Å². The van der Waals surface area contributed by atoms with Crippen LogP contribution >= 0.6 is 11.6 Å². The largest absolute Gasteiger partial charge is 0.302 e. The predicted molar refractivity (Wildman–Crippen MR) is 61.6 cm³/mol. The zero-order valence-corrected chi connectivity index (χ0v) is 10.2. The van der Waals surface area contributed by atoms with Gasteiger partial charge in [-0.2, -0.15) is 17.8 Å². The molecular weight excluding hydrogens is 252 g/mol. The Hall–Kier alpha value is -0.790. The van der Waals surface area contributed by atoms with Gasteiger partial charge in [-0.3, -0.25) is 9.82 Å². The third-order valence-electron chi connectivity index (χ3n) is 2.44. The molecule has 0 radical (unpaired) electrons. The van der Waals surface area contributed by atoms with Crippen LogP contribution in [-0.4, -0.2) is 36.0 Å². The third kappa shape index (κ3) is 2.66. The molecule has 0 atom stereocenters. The Morgan fingerprint density at radius 1 is 1.38 bits per heavy atom. The van der Waals surface area contributed by atoms with E-state index in [1.54, 1.807) is 0 Å². The van der Waals surface area contributed by atoms with Crippen LogP contribution in [0.5, 0.6) is 0 Å². The molecule has 0 bridgehead atoms. The van der Waals surface area contributed by atoms with Gasteiger partial charge >= 0.3 is 10.2 Å². The molecule has 1 aliphatic heterocycles. The smallest absolute Gasteiger partial charge is 0.265 e. The Balaban J connectivity index is 2.07. The minimum atomic E-state index is -3.48. The average molecular weight is 265 g/mol. The van der Waals surface area contributed by atoms with E-state index in [1.807, 2.05) is 0 Å². The van der Waals surface area contributed by atoms with Crippen molar-refractivity contribution < 1.29 is 8.42 Å². The van der Waals surface area contributed by atoms with Crippen molar-refractivity contribution >= 4 is 27.6 Å². The van der Waals surface area contributed by atoms with Gasteiger partial charge in [0.1, 0.15) is 5.15 Å². The topological polar surface area (TPSA) is 78.1 Å². The molecule has 2 N–H and O–H groups in total. The van der Waals surface area contributed by atoms with E-state index in [9.17, 15) is 8.42 Å².